The zero-order chi connectivity index (χ0) is 23.4. The number of hydrogen-bond donors (Lipinski definition) is 2. The quantitative estimate of drug-likeness (QED) is 0.430. The summed E-state index contributed by atoms with van der Waals surface area (Å²) in [5.74, 6) is 0.860. The van der Waals surface area contributed by atoms with Crippen molar-refractivity contribution >= 4 is 40.5 Å². The Morgan fingerprint density at radius 1 is 1.21 bits per heavy atom. The Kier molecular flexibility index (Phi) is 4.78. The van der Waals surface area contributed by atoms with E-state index in [2.05, 4.69) is 15.0 Å². The molecule has 0 saturated carbocycles. The third-order valence-corrected chi connectivity index (χ3v) is 6.03. The maximum absolute atomic E-state index is 13.5. The second kappa shape index (κ2) is 7.55. The van der Waals surface area contributed by atoms with Crippen molar-refractivity contribution < 1.29 is 4.79 Å². The number of nitrogens with zero attached hydrogens (tertiary/aromatic N) is 7. The van der Waals surface area contributed by atoms with Crippen LogP contribution in [-0.2, 0) is 0 Å². The molecular formula is C21H20ClN9O2. The van der Waals surface area contributed by atoms with Crippen LogP contribution >= 0.6 is 11.6 Å². The maximum atomic E-state index is 13.5. The Morgan fingerprint density at radius 2 is 2.00 bits per heavy atom. The number of fused-ring (bicyclic) bond motifs is 1. The van der Waals surface area contributed by atoms with Crippen LogP contribution < -0.4 is 21.9 Å². The molecule has 0 amide bonds. The van der Waals surface area contributed by atoms with Gasteiger partial charge < -0.3 is 16.4 Å². The van der Waals surface area contributed by atoms with Crippen molar-refractivity contribution in [2.24, 2.45) is 5.92 Å². The number of carbonyl (C=O) groups excluding carboxylic acids is 1. The molecule has 4 aromatic rings. The Morgan fingerprint density at radius 3 is 2.67 bits per heavy atom. The molecule has 0 spiro atoms. The average Bonchev–Trinajstić information content (AvgIpc) is 3.12. The van der Waals surface area contributed by atoms with Gasteiger partial charge in [-0.1, -0.05) is 24.6 Å². The summed E-state index contributed by atoms with van der Waals surface area (Å²) in [5, 5.41) is 5.01. The zero-order valence-electron chi connectivity index (χ0n) is 17.8. The molecule has 0 aromatic carbocycles. The van der Waals surface area contributed by atoms with Gasteiger partial charge in [-0.05, 0) is 25.1 Å². The number of carbonyl (C=O) groups is 1. The van der Waals surface area contributed by atoms with E-state index in [-0.39, 0.29) is 45.1 Å². The van der Waals surface area contributed by atoms with Crippen molar-refractivity contribution in [1.82, 2.24) is 29.1 Å². The van der Waals surface area contributed by atoms with E-state index in [4.69, 9.17) is 28.2 Å². The molecule has 1 saturated heterocycles. The van der Waals surface area contributed by atoms with Crippen LogP contribution in [0.3, 0.4) is 0 Å². The first-order chi connectivity index (χ1) is 15.8. The van der Waals surface area contributed by atoms with Crippen LogP contribution in [0.5, 0.6) is 0 Å². The van der Waals surface area contributed by atoms with Gasteiger partial charge in [0.15, 0.2) is 11.6 Å². The molecule has 5 rings (SSSR count). The first-order valence-electron chi connectivity index (χ1n) is 10.2. The van der Waals surface area contributed by atoms with Gasteiger partial charge in [-0.2, -0.15) is 15.1 Å². The number of nitrogen functional groups attached to an aromatic ring is 2. The third-order valence-electron chi connectivity index (χ3n) is 5.72. The molecule has 4 aromatic heterocycles. The summed E-state index contributed by atoms with van der Waals surface area (Å²) in [6, 6.07) is 6.45. The second-order valence-corrected chi connectivity index (χ2v) is 8.35. The molecule has 33 heavy (non-hydrogen) atoms. The Balaban J connectivity index is 1.76. The Hall–Kier alpha value is -3.99. The van der Waals surface area contributed by atoms with E-state index in [9.17, 15) is 9.59 Å². The van der Waals surface area contributed by atoms with E-state index in [1.807, 2.05) is 11.8 Å². The van der Waals surface area contributed by atoms with Gasteiger partial charge in [-0.3, -0.25) is 9.59 Å². The number of pyridine rings is 1. The molecular weight excluding hydrogens is 446 g/mol. The van der Waals surface area contributed by atoms with E-state index >= 15 is 0 Å². The van der Waals surface area contributed by atoms with Crippen molar-refractivity contribution in [3.05, 3.63) is 63.4 Å². The van der Waals surface area contributed by atoms with Gasteiger partial charge in [0.05, 0.1) is 11.1 Å². The number of halogens is 1. The third kappa shape index (κ3) is 3.20. The summed E-state index contributed by atoms with van der Waals surface area (Å²) in [6.45, 7) is 3.95. The van der Waals surface area contributed by atoms with E-state index in [0.717, 1.165) is 0 Å². The van der Waals surface area contributed by atoms with Gasteiger partial charge in [0.1, 0.15) is 28.5 Å². The Bertz CT molecular complexity index is 1460. The fourth-order valence-electron chi connectivity index (χ4n) is 4.28. The number of aromatic nitrogens is 6. The normalized spacial score (nSPS) is 17.8. The van der Waals surface area contributed by atoms with E-state index in [0.29, 0.717) is 24.0 Å². The van der Waals surface area contributed by atoms with Crippen LogP contribution in [0.1, 0.15) is 36.1 Å². The van der Waals surface area contributed by atoms with Gasteiger partial charge in [0, 0.05) is 24.9 Å². The minimum atomic E-state index is -0.419. The van der Waals surface area contributed by atoms with Crippen LogP contribution in [0.15, 0.2) is 41.5 Å². The molecule has 168 valence electrons. The second-order valence-electron chi connectivity index (χ2n) is 7.94. The van der Waals surface area contributed by atoms with E-state index in [1.54, 1.807) is 36.7 Å². The highest BCUT2D eigenvalue weighted by molar-refractivity contribution is 6.33. The number of Topliss-reactive ketones (excluding diaryl/α,β-unsaturated/α-hetero) is 1. The van der Waals surface area contributed by atoms with Gasteiger partial charge in [0.2, 0.25) is 5.95 Å². The molecule has 12 heteroatoms. The van der Waals surface area contributed by atoms with Crippen LogP contribution in [0.25, 0.3) is 11.3 Å². The lowest BCUT2D eigenvalue weighted by Gasteiger charge is -2.47. The lowest BCUT2D eigenvalue weighted by Crippen LogP contribution is -2.52. The molecule has 5 heterocycles. The first-order valence-corrected chi connectivity index (χ1v) is 10.6. The minimum absolute atomic E-state index is 0.00558. The lowest BCUT2D eigenvalue weighted by molar-refractivity contribution is 0.101. The molecule has 11 nitrogen and oxygen atoms in total. The summed E-state index contributed by atoms with van der Waals surface area (Å²) in [5.41, 5.74) is 11.9. The number of nitrogens with two attached hydrogens (primary N) is 2. The van der Waals surface area contributed by atoms with Crippen molar-refractivity contribution in [2.45, 2.75) is 19.9 Å². The standard InChI is InChI=1S/C21H20ClN9O2/c1-10-9-29(18-14(11(2)32)17(23)26-21(24)27-18)15(10)19-28-30-8-6-12(22)16(30)20(33)31(19)13-5-3-4-7-25-13/h3-8,10,15H,9H2,1-2H3,(H4,23,24,26,27)/t10-,15-/m0/s1. The van der Waals surface area contributed by atoms with Crippen LogP contribution in [0, 0.1) is 5.92 Å². The summed E-state index contributed by atoms with van der Waals surface area (Å²) < 4.78 is 2.90. The van der Waals surface area contributed by atoms with Crippen LogP contribution in [-0.4, -0.2) is 41.5 Å². The van der Waals surface area contributed by atoms with E-state index in [1.165, 1.54) is 16.0 Å². The van der Waals surface area contributed by atoms with Crippen molar-refractivity contribution in [1.29, 1.82) is 0 Å². The van der Waals surface area contributed by atoms with Crippen LogP contribution in [0.2, 0.25) is 5.02 Å². The molecule has 0 radical (unpaired) electrons. The molecule has 0 aliphatic carbocycles. The van der Waals surface area contributed by atoms with Gasteiger partial charge in [-0.25, -0.2) is 14.1 Å². The zero-order valence-corrected chi connectivity index (χ0v) is 18.6. The molecule has 4 N–H and O–H groups in total. The average molecular weight is 466 g/mol. The highest BCUT2D eigenvalue weighted by Gasteiger charge is 2.43. The predicted molar refractivity (Wildman–Crippen MR) is 124 cm³/mol. The monoisotopic (exact) mass is 465 g/mol. The molecule has 1 fully saturated rings. The maximum Gasteiger partial charge on any atom is 0.285 e. The van der Waals surface area contributed by atoms with E-state index < -0.39 is 6.04 Å². The largest absolute Gasteiger partial charge is 0.383 e. The molecule has 0 unspecified atom stereocenters. The van der Waals surface area contributed by atoms with Crippen molar-refractivity contribution in [2.75, 3.05) is 22.9 Å². The molecule has 1 aliphatic heterocycles. The Labute approximate surface area is 192 Å². The number of ketones is 1. The smallest absolute Gasteiger partial charge is 0.285 e. The van der Waals surface area contributed by atoms with Crippen LogP contribution in [0.4, 0.5) is 17.6 Å². The SMILES string of the molecule is CC(=O)c1c(N)nc(N)nc1N1C[C@H](C)[C@H]1c1nn2ccc(Cl)c2c(=O)n1-c1ccccn1. The highest BCUT2D eigenvalue weighted by Crippen LogP contribution is 2.43. The summed E-state index contributed by atoms with van der Waals surface area (Å²) in [7, 11) is 0. The lowest BCUT2D eigenvalue weighted by atomic mass is 9.88. The fourth-order valence-corrected chi connectivity index (χ4v) is 4.50. The highest BCUT2D eigenvalue weighted by atomic mass is 35.5. The number of rotatable bonds is 4. The summed E-state index contributed by atoms with van der Waals surface area (Å²) in [4.78, 5) is 40.4. The molecule has 0 bridgehead atoms. The molecule has 1 aliphatic rings. The van der Waals surface area contributed by atoms with Crippen molar-refractivity contribution in [3.63, 3.8) is 0 Å². The summed E-state index contributed by atoms with van der Waals surface area (Å²) >= 11 is 6.27. The van der Waals surface area contributed by atoms with Gasteiger partial charge >= 0.3 is 0 Å². The number of anilines is 3. The van der Waals surface area contributed by atoms with Gasteiger partial charge in [0.25, 0.3) is 5.56 Å². The summed E-state index contributed by atoms with van der Waals surface area (Å²) in [6.07, 6.45) is 3.22. The number of hydrogen-bond acceptors (Lipinski definition) is 9. The predicted octanol–water partition coefficient (Wildman–Crippen LogP) is 1.89. The molecule has 2 atom stereocenters. The van der Waals surface area contributed by atoms with Gasteiger partial charge in [-0.15, -0.1) is 0 Å². The minimum Gasteiger partial charge on any atom is -0.383 e. The van der Waals surface area contributed by atoms with Crippen molar-refractivity contribution in [3.8, 4) is 5.82 Å². The topological polar surface area (TPSA) is 150 Å². The fraction of sp³-hybridized carbons (Fsp3) is 0.238. The first kappa shape index (κ1) is 20.9.